The number of hydrogen-bond acceptors (Lipinski definition) is 5. The fourth-order valence-electron chi connectivity index (χ4n) is 1.77. The van der Waals surface area contributed by atoms with Crippen molar-refractivity contribution < 1.29 is 0 Å². The highest BCUT2D eigenvalue weighted by Crippen LogP contribution is 2.24. The van der Waals surface area contributed by atoms with Gasteiger partial charge in [0.1, 0.15) is 5.03 Å². The molecule has 0 saturated heterocycles. The van der Waals surface area contributed by atoms with Gasteiger partial charge in [0.05, 0.1) is 5.69 Å². The maximum atomic E-state index is 4.39. The molecule has 0 amide bonds. The van der Waals surface area contributed by atoms with Crippen molar-refractivity contribution in [2.24, 2.45) is 13.0 Å². The van der Waals surface area contributed by atoms with Crippen LogP contribution in [0.25, 0.3) is 0 Å². The standard InChI is InChI=1S/C14H21N5S/c1-10(2)6-15-7-12-8-16-14(17-9-12)20-13-5-11(3)18-19(13)4/h5,8-10,15H,6-7H2,1-4H3. The monoisotopic (exact) mass is 291 g/mol. The third kappa shape index (κ3) is 4.31. The molecule has 0 spiro atoms. The summed E-state index contributed by atoms with van der Waals surface area (Å²) in [7, 11) is 1.93. The Bertz CT molecular complexity index is 547. The van der Waals surface area contributed by atoms with Gasteiger partial charge in [0, 0.05) is 31.5 Å². The Morgan fingerprint density at radius 3 is 2.55 bits per heavy atom. The highest BCUT2D eigenvalue weighted by atomic mass is 32.2. The Hall–Kier alpha value is -1.40. The van der Waals surface area contributed by atoms with Gasteiger partial charge in [0.15, 0.2) is 5.16 Å². The van der Waals surface area contributed by atoms with Gasteiger partial charge in [-0.3, -0.25) is 4.68 Å². The minimum atomic E-state index is 0.652. The molecule has 0 aliphatic heterocycles. The molecule has 108 valence electrons. The summed E-state index contributed by atoms with van der Waals surface area (Å²) in [5.41, 5.74) is 2.11. The van der Waals surface area contributed by atoms with Crippen molar-refractivity contribution in [1.29, 1.82) is 0 Å². The van der Waals surface area contributed by atoms with E-state index in [2.05, 4.69) is 34.2 Å². The van der Waals surface area contributed by atoms with Crippen molar-refractivity contribution in [2.75, 3.05) is 6.54 Å². The maximum absolute atomic E-state index is 4.39. The number of aryl methyl sites for hydroxylation is 2. The summed E-state index contributed by atoms with van der Waals surface area (Å²) in [6.45, 7) is 8.19. The van der Waals surface area contributed by atoms with Crippen LogP contribution in [0.2, 0.25) is 0 Å². The summed E-state index contributed by atoms with van der Waals surface area (Å²) < 4.78 is 1.85. The molecule has 2 aromatic rings. The number of rotatable bonds is 6. The molecule has 2 heterocycles. The first-order chi connectivity index (χ1) is 9.54. The summed E-state index contributed by atoms with van der Waals surface area (Å²) >= 11 is 1.53. The highest BCUT2D eigenvalue weighted by Gasteiger charge is 2.06. The second kappa shape index (κ2) is 6.85. The lowest BCUT2D eigenvalue weighted by atomic mass is 10.2. The molecule has 0 saturated carbocycles. The zero-order valence-corrected chi connectivity index (χ0v) is 13.2. The van der Waals surface area contributed by atoms with Crippen molar-refractivity contribution in [3.8, 4) is 0 Å². The van der Waals surface area contributed by atoms with Gasteiger partial charge in [-0.05, 0) is 37.2 Å². The molecule has 0 aliphatic rings. The van der Waals surface area contributed by atoms with E-state index < -0.39 is 0 Å². The van der Waals surface area contributed by atoms with Gasteiger partial charge in [-0.2, -0.15) is 5.10 Å². The van der Waals surface area contributed by atoms with Gasteiger partial charge in [-0.25, -0.2) is 9.97 Å². The van der Waals surface area contributed by atoms with Gasteiger partial charge in [-0.15, -0.1) is 0 Å². The minimum Gasteiger partial charge on any atom is -0.312 e. The third-order valence-electron chi connectivity index (χ3n) is 2.72. The molecule has 0 atom stereocenters. The molecule has 2 rings (SSSR count). The zero-order valence-electron chi connectivity index (χ0n) is 12.4. The Kier molecular flexibility index (Phi) is 5.14. The molecule has 5 nitrogen and oxygen atoms in total. The Labute approximate surface area is 124 Å². The molecule has 1 N–H and O–H groups in total. The van der Waals surface area contributed by atoms with E-state index >= 15 is 0 Å². The van der Waals surface area contributed by atoms with Crippen LogP contribution in [-0.4, -0.2) is 26.3 Å². The zero-order chi connectivity index (χ0) is 14.5. The van der Waals surface area contributed by atoms with Crippen molar-refractivity contribution in [1.82, 2.24) is 25.1 Å². The number of aromatic nitrogens is 4. The quantitative estimate of drug-likeness (QED) is 0.828. The van der Waals surface area contributed by atoms with E-state index in [0.717, 1.165) is 34.5 Å². The van der Waals surface area contributed by atoms with Crippen LogP contribution in [0.15, 0.2) is 28.6 Å². The summed E-state index contributed by atoms with van der Waals surface area (Å²) in [5, 5.41) is 9.49. The fraction of sp³-hybridized carbons (Fsp3) is 0.500. The maximum Gasteiger partial charge on any atom is 0.193 e. The van der Waals surface area contributed by atoms with E-state index in [1.165, 1.54) is 11.8 Å². The SMILES string of the molecule is Cc1cc(Sc2ncc(CNCC(C)C)cn2)n(C)n1. The second-order valence-corrected chi connectivity index (χ2v) is 6.24. The summed E-state index contributed by atoms with van der Waals surface area (Å²) in [4.78, 5) is 8.79. The van der Waals surface area contributed by atoms with Crippen LogP contribution >= 0.6 is 11.8 Å². The molecular weight excluding hydrogens is 270 g/mol. The molecule has 2 aromatic heterocycles. The van der Waals surface area contributed by atoms with Crippen LogP contribution in [0.1, 0.15) is 25.1 Å². The number of nitrogens with zero attached hydrogens (tertiary/aromatic N) is 4. The van der Waals surface area contributed by atoms with Crippen LogP contribution in [0.5, 0.6) is 0 Å². The van der Waals surface area contributed by atoms with Crippen LogP contribution in [0.3, 0.4) is 0 Å². The van der Waals surface area contributed by atoms with Gasteiger partial charge in [0.2, 0.25) is 0 Å². The van der Waals surface area contributed by atoms with Crippen LogP contribution < -0.4 is 5.32 Å². The molecule has 0 unspecified atom stereocenters. The minimum absolute atomic E-state index is 0.652. The van der Waals surface area contributed by atoms with Gasteiger partial charge >= 0.3 is 0 Å². The topological polar surface area (TPSA) is 55.6 Å². The van der Waals surface area contributed by atoms with E-state index in [0.29, 0.717) is 5.92 Å². The van der Waals surface area contributed by atoms with Crippen molar-refractivity contribution >= 4 is 11.8 Å². The molecule has 6 heteroatoms. The molecule has 0 aromatic carbocycles. The predicted molar refractivity (Wildman–Crippen MR) is 80.6 cm³/mol. The normalized spacial score (nSPS) is 11.2. The smallest absolute Gasteiger partial charge is 0.193 e. The van der Waals surface area contributed by atoms with E-state index in [1.807, 2.05) is 37.1 Å². The first-order valence-corrected chi connectivity index (χ1v) is 7.56. The number of hydrogen-bond donors (Lipinski definition) is 1. The highest BCUT2D eigenvalue weighted by molar-refractivity contribution is 7.99. The van der Waals surface area contributed by atoms with Gasteiger partial charge in [-0.1, -0.05) is 13.8 Å². The van der Waals surface area contributed by atoms with Gasteiger partial charge < -0.3 is 5.32 Å². The number of nitrogens with one attached hydrogen (secondary N) is 1. The molecular formula is C14H21N5S. The molecule has 20 heavy (non-hydrogen) atoms. The van der Waals surface area contributed by atoms with E-state index in [1.54, 1.807) is 0 Å². The van der Waals surface area contributed by atoms with E-state index in [9.17, 15) is 0 Å². The van der Waals surface area contributed by atoms with Gasteiger partial charge in [0.25, 0.3) is 0 Å². The predicted octanol–water partition coefficient (Wildman–Crippen LogP) is 2.42. The molecule has 0 radical (unpaired) electrons. The average Bonchev–Trinajstić information content (AvgIpc) is 2.69. The Morgan fingerprint density at radius 1 is 1.30 bits per heavy atom. The molecule has 0 aliphatic carbocycles. The van der Waals surface area contributed by atoms with Crippen molar-refractivity contribution in [3.63, 3.8) is 0 Å². The van der Waals surface area contributed by atoms with Crippen LogP contribution in [-0.2, 0) is 13.6 Å². The lowest BCUT2D eigenvalue weighted by Crippen LogP contribution is -2.19. The fourth-order valence-corrected chi connectivity index (χ4v) is 2.57. The Morgan fingerprint density at radius 2 is 2.00 bits per heavy atom. The molecule has 0 fully saturated rings. The van der Waals surface area contributed by atoms with Crippen LogP contribution in [0, 0.1) is 12.8 Å². The average molecular weight is 291 g/mol. The van der Waals surface area contributed by atoms with E-state index in [4.69, 9.17) is 0 Å². The van der Waals surface area contributed by atoms with Crippen molar-refractivity contribution in [2.45, 2.75) is 37.5 Å². The van der Waals surface area contributed by atoms with Crippen molar-refractivity contribution in [3.05, 3.63) is 29.7 Å². The van der Waals surface area contributed by atoms with E-state index in [-0.39, 0.29) is 0 Å². The Balaban J connectivity index is 1.93. The largest absolute Gasteiger partial charge is 0.312 e. The summed E-state index contributed by atoms with van der Waals surface area (Å²) in [6.07, 6.45) is 3.76. The third-order valence-corrected chi connectivity index (χ3v) is 3.70. The first-order valence-electron chi connectivity index (χ1n) is 6.74. The first kappa shape index (κ1) is 15.0. The summed E-state index contributed by atoms with van der Waals surface area (Å²) in [6, 6.07) is 2.03. The summed E-state index contributed by atoms with van der Waals surface area (Å²) in [5.74, 6) is 0.652. The lowest BCUT2D eigenvalue weighted by molar-refractivity contribution is 0.550. The molecule has 0 bridgehead atoms. The lowest BCUT2D eigenvalue weighted by Gasteiger charge is -2.07. The second-order valence-electron chi connectivity index (χ2n) is 5.25. The van der Waals surface area contributed by atoms with Crippen LogP contribution in [0.4, 0.5) is 0 Å².